The van der Waals surface area contributed by atoms with Crippen molar-refractivity contribution >= 4 is 22.1 Å². The quantitative estimate of drug-likeness (QED) is 0.663. The largest absolute Gasteiger partial charge is 0.385 e. The lowest BCUT2D eigenvalue weighted by Gasteiger charge is -2.24. The number of anilines is 1. The lowest BCUT2D eigenvalue weighted by atomic mass is 10.1. The van der Waals surface area contributed by atoms with Crippen molar-refractivity contribution in [2.45, 2.75) is 38.3 Å². The summed E-state index contributed by atoms with van der Waals surface area (Å²) in [7, 11) is 0. The number of imidazole rings is 1. The minimum Gasteiger partial charge on any atom is -0.385 e. The highest BCUT2D eigenvalue weighted by molar-refractivity contribution is 7.17. The number of hydrogen-bond acceptors (Lipinski definition) is 7. The molecule has 3 aromatic rings. The number of thiazole rings is 1. The second kappa shape index (κ2) is 6.36. The van der Waals surface area contributed by atoms with E-state index < -0.39 is 5.60 Å². The third-order valence-corrected chi connectivity index (χ3v) is 5.67. The van der Waals surface area contributed by atoms with E-state index in [1.165, 1.54) is 17.8 Å². The lowest BCUT2D eigenvalue weighted by Crippen LogP contribution is -2.38. The topological polar surface area (TPSA) is 87.4 Å². The van der Waals surface area contributed by atoms with Crippen LogP contribution in [0.5, 0.6) is 0 Å². The molecule has 1 aliphatic heterocycles. The van der Waals surface area contributed by atoms with Crippen LogP contribution in [0, 0.1) is 0 Å². The van der Waals surface area contributed by atoms with Crippen molar-refractivity contribution in [3.05, 3.63) is 29.7 Å². The van der Waals surface area contributed by atoms with E-state index in [0.717, 1.165) is 46.6 Å². The number of piperidine rings is 1. The highest BCUT2D eigenvalue weighted by atomic mass is 32.1. The van der Waals surface area contributed by atoms with E-state index in [9.17, 15) is 5.11 Å². The van der Waals surface area contributed by atoms with E-state index in [2.05, 4.69) is 20.6 Å². The summed E-state index contributed by atoms with van der Waals surface area (Å²) < 4.78 is 1.97. The van der Waals surface area contributed by atoms with Gasteiger partial charge in [0.05, 0.1) is 34.8 Å². The number of aliphatic hydroxyl groups is 1. The zero-order valence-electron chi connectivity index (χ0n) is 14.4. The molecule has 0 unspecified atom stereocenters. The number of nitrogens with one attached hydrogen (secondary N) is 2. The van der Waals surface area contributed by atoms with Crippen molar-refractivity contribution in [1.29, 1.82) is 0 Å². The first-order valence-corrected chi connectivity index (χ1v) is 9.32. The molecular formula is C17H22N6OS. The van der Waals surface area contributed by atoms with Crippen LogP contribution in [0.1, 0.15) is 31.6 Å². The van der Waals surface area contributed by atoms with Gasteiger partial charge in [-0.25, -0.2) is 9.97 Å². The van der Waals surface area contributed by atoms with Crippen LogP contribution in [0.3, 0.4) is 0 Å². The van der Waals surface area contributed by atoms with E-state index >= 15 is 0 Å². The molecule has 4 heterocycles. The number of hydrogen-bond donors (Lipinski definition) is 3. The van der Waals surface area contributed by atoms with Gasteiger partial charge >= 0.3 is 0 Å². The average Bonchev–Trinajstić information content (AvgIpc) is 3.16. The number of rotatable bonds is 4. The first-order chi connectivity index (χ1) is 12.0. The monoisotopic (exact) mass is 358 g/mol. The molecule has 4 rings (SSSR count). The summed E-state index contributed by atoms with van der Waals surface area (Å²) in [5, 5.41) is 17.1. The van der Waals surface area contributed by atoms with E-state index in [4.69, 9.17) is 4.98 Å². The molecule has 0 saturated carbocycles. The molecule has 132 valence electrons. The van der Waals surface area contributed by atoms with Crippen molar-refractivity contribution in [2.24, 2.45) is 0 Å². The van der Waals surface area contributed by atoms with Gasteiger partial charge in [-0.15, -0.1) is 0 Å². The predicted octanol–water partition coefficient (Wildman–Crippen LogP) is 2.24. The Bertz CT molecular complexity index is 875. The molecule has 0 aromatic carbocycles. The third kappa shape index (κ3) is 3.37. The van der Waals surface area contributed by atoms with Crippen LogP contribution in [0.2, 0.25) is 0 Å². The molecule has 1 atom stereocenters. The van der Waals surface area contributed by atoms with Crippen molar-refractivity contribution in [3.63, 3.8) is 0 Å². The summed E-state index contributed by atoms with van der Waals surface area (Å²) >= 11 is 1.48. The van der Waals surface area contributed by atoms with Gasteiger partial charge < -0.3 is 15.7 Å². The third-order valence-electron chi connectivity index (χ3n) is 4.36. The van der Waals surface area contributed by atoms with Crippen LogP contribution < -0.4 is 10.6 Å². The Morgan fingerprint density at radius 3 is 3.00 bits per heavy atom. The maximum absolute atomic E-state index is 10.2. The Kier molecular flexibility index (Phi) is 4.18. The van der Waals surface area contributed by atoms with Crippen molar-refractivity contribution in [1.82, 2.24) is 24.7 Å². The molecule has 3 aromatic heterocycles. The Morgan fingerprint density at radius 2 is 2.24 bits per heavy atom. The van der Waals surface area contributed by atoms with E-state index in [1.807, 2.05) is 10.6 Å². The van der Waals surface area contributed by atoms with Gasteiger partial charge in [-0.05, 0) is 33.2 Å². The molecule has 0 amide bonds. The Hall–Kier alpha value is -2.03. The number of fused-ring (bicyclic) bond motifs is 1. The van der Waals surface area contributed by atoms with Crippen LogP contribution in [-0.4, -0.2) is 43.6 Å². The SMILES string of the molecule is CC(C)(O)c1cn2c(-c3cncc(N[C@@H]4CCCNC4)n3)cnc2s1. The summed E-state index contributed by atoms with van der Waals surface area (Å²) in [4.78, 5) is 15.2. The van der Waals surface area contributed by atoms with Crippen molar-refractivity contribution in [2.75, 3.05) is 18.4 Å². The summed E-state index contributed by atoms with van der Waals surface area (Å²) in [5.74, 6) is 0.777. The smallest absolute Gasteiger partial charge is 0.194 e. The van der Waals surface area contributed by atoms with Gasteiger partial charge in [-0.3, -0.25) is 9.38 Å². The Labute approximate surface area is 150 Å². The second-order valence-electron chi connectivity index (χ2n) is 6.93. The molecule has 1 saturated heterocycles. The van der Waals surface area contributed by atoms with Crippen LogP contribution in [0.15, 0.2) is 24.8 Å². The van der Waals surface area contributed by atoms with Crippen molar-refractivity contribution in [3.8, 4) is 11.4 Å². The van der Waals surface area contributed by atoms with Gasteiger partial charge in [0.2, 0.25) is 0 Å². The molecule has 3 N–H and O–H groups in total. The summed E-state index contributed by atoms with van der Waals surface area (Å²) in [6, 6.07) is 0.381. The normalized spacial score (nSPS) is 18.6. The van der Waals surface area contributed by atoms with Gasteiger partial charge in [0, 0.05) is 18.8 Å². The lowest BCUT2D eigenvalue weighted by molar-refractivity contribution is 0.0822. The first kappa shape index (κ1) is 16.4. The standard InChI is InChI=1S/C17H22N6OS/c1-17(2,24)14-10-23-13(8-20-16(23)25-14)12-7-19-9-15(22-12)21-11-4-3-5-18-6-11/h7-11,18,24H,3-6H2,1-2H3,(H,21,22)/t11-/m1/s1. The Morgan fingerprint density at radius 1 is 1.36 bits per heavy atom. The average molecular weight is 358 g/mol. The van der Waals surface area contributed by atoms with E-state index in [0.29, 0.717) is 6.04 Å². The maximum atomic E-state index is 10.2. The second-order valence-corrected chi connectivity index (χ2v) is 7.94. The maximum Gasteiger partial charge on any atom is 0.194 e. The molecule has 25 heavy (non-hydrogen) atoms. The molecule has 0 bridgehead atoms. The van der Waals surface area contributed by atoms with Gasteiger partial charge in [-0.1, -0.05) is 11.3 Å². The fourth-order valence-electron chi connectivity index (χ4n) is 3.00. The molecular weight excluding hydrogens is 336 g/mol. The van der Waals surface area contributed by atoms with E-state index in [1.54, 1.807) is 32.4 Å². The molecule has 1 fully saturated rings. The molecule has 1 aliphatic rings. The zero-order valence-corrected chi connectivity index (χ0v) is 15.2. The Balaban J connectivity index is 1.64. The predicted molar refractivity (Wildman–Crippen MR) is 98.9 cm³/mol. The number of aromatic nitrogens is 4. The molecule has 0 aliphatic carbocycles. The van der Waals surface area contributed by atoms with Crippen LogP contribution in [0.4, 0.5) is 5.82 Å². The van der Waals surface area contributed by atoms with Gasteiger partial charge in [-0.2, -0.15) is 0 Å². The molecule has 7 nitrogen and oxygen atoms in total. The number of nitrogens with zero attached hydrogens (tertiary/aromatic N) is 4. The van der Waals surface area contributed by atoms with Crippen LogP contribution >= 0.6 is 11.3 Å². The molecule has 0 radical (unpaired) electrons. The van der Waals surface area contributed by atoms with Gasteiger partial charge in [0.15, 0.2) is 4.96 Å². The molecule has 8 heteroatoms. The van der Waals surface area contributed by atoms with Crippen molar-refractivity contribution < 1.29 is 5.11 Å². The van der Waals surface area contributed by atoms with Gasteiger partial charge in [0.1, 0.15) is 11.5 Å². The van der Waals surface area contributed by atoms with Gasteiger partial charge in [0.25, 0.3) is 0 Å². The molecule has 0 spiro atoms. The van der Waals surface area contributed by atoms with E-state index in [-0.39, 0.29) is 0 Å². The highest BCUT2D eigenvalue weighted by Crippen LogP contribution is 2.31. The summed E-state index contributed by atoms with van der Waals surface area (Å²) in [6.45, 7) is 5.59. The first-order valence-electron chi connectivity index (χ1n) is 8.50. The minimum absolute atomic E-state index is 0.381. The summed E-state index contributed by atoms with van der Waals surface area (Å²) in [5.41, 5.74) is 0.757. The summed E-state index contributed by atoms with van der Waals surface area (Å²) in [6.07, 6.45) is 9.53. The fraction of sp³-hybridized carbons (Fsp3) is 0.471. The minimum atomic E-state index is -0.883. The van der Waals surface area contributed by atoms with Crippen LogP contribution in [-0.2, 0) is 5.60 Å². The zero-order chi connectivity index (χ0) is 17.4. The fourth-order valence-corrected chi connectivity index (χ4v) is 3.96. The van der Waals surface area contributed by atoms with Crippen LogP contribution in [0.25, 0.3) is 16.3 Å². The highest BCUT2D eigenvalue weighted by Gasteiger charge is 2.21.